The Morgan fingerprint density at radius 2 is 2.06 bits per heavy atom. The van der Waals surface area contributed by atoms with Crippen LogP contribution in [0.3, 0.4) is 0 Å². The molecular formula is C11H16N2O4S. The number of carboxylic acid groups (broad SMARTS) is 1. The summed E-state index contributed by atoms with van der Waals surface area (Å²) < 4.78 is 0. The molecule has 1 heterocycles. The Kier molecular flexibility index (Phi) is 4.69. The summed E-state index contributed by atoms with van der Waals surface area (Å²) in [6.45, 7) is 3.12. The van der Waals surface area contributed by atoms with Crippen LogP contribution in [-0.2, 0) is 11.3 Å². The minimum Gasteiger partial charge on any atom is -0.479 e. The predicted molar refractivity (Wildman–Crippen MR) is 67.6 cm³/mol. The third-order valence-electron chi connectivity index (χ3n) is 2.27. The fourth-order valence-electron chi connectivity index (χ4n) is 1.14. The number of aliphatic carboxylic acids is 1. The number of hydrogen-bond donors (Lipinski definition) is 4. The molecule has 0 fully saturated rings. The Morgan fingerprint density at radius 3 is 2.56 bits per heavy atom. The summed E-state index contributed by atoms with van der Waals surface area (Å²) in [4.78, 5) is 24.1. The summed E-state index contributed by atoms with van der Waals surface area (Å²) in [6, 6.07) is 3.35. The van der Waals surface area contributed by atoms with E-state index in [4.69, 9.17) is 5.11 Å². The molecule has 4 N–H and O–H groups in total. The van der Waals surface area contributed by atoms with Crippen molar-refractivity contribution in [2.45, 2.75) is 26.0 Å². The van der Waals surface area contributed by atoms with E-state index in [0.29, 0.717) is 6.54 Å². The molecule has 6 nitrogen and oxygen atoms in total. The Morgan fingerprint density at radius 1 is 1.39 bits per heavy atom. The van der Waals surface area contributed by atoms with Gasteiger partial charge in [0.2, 0.25) is 0 Å². The number of aliphatic hydroxyl groups is 1. The van der Waals surface area contributed by atoms with Crippen LogP contribution < -0.4 is 10.6 Å². The molecule has 7 heteroatoms. The van der Waals surface area contributed by atoms with E-state index in [1.165, 1.54) is 0 Å². The highest BCUT2D eigenvalue weighted by atomic mass is 32.1. The molecule has 18 heavy (non-hydrogen) atoms. The number of amides is 2. The zero-order chi connectivity index (χ0) is 13.8. The van der Waals surface area contributed by atoms with Crippen molar-refractivity contribution in [3.63, 3.8) is 0 Å². The average Bonchev–Trinajstić information content (AvgIpc) is 2.69. The maximum Gasteiger partial charge on any atom is 0.337 e. The molecule has 100 valence electrons. The van der Waals surface area contributed by atoms with E-state index >= 15 is 0 Å². The molecule has 1 rings (SSSR count). The SMILES string of the molecule is Cc1ccc(CNC(=O)NCC(C)(O)C(=O)O)s1. The normalized spacial score (nSPS) is 13.7. The van der Waals surface area contributed by atoms with E-state index in [1.54, 1.807) is 11.3 Å². The molecule has 0 aliphatic carbocycles. The molecule has 0 aromatic carbocycles. The molecule has 1 aromatic rings. The molecule has 1 aromatic heterocycles. The van der Waals surface area contributed by atoms with Crippen molar-refractivity contribution in [3.8, 4) is 0 Å². The number of rotatable bonds is 5. The van der Waals surface area contributed by atoms with Gasteiger partial charge in [-0.1, -0.05) is 0 Å². The summed E-state index contributed by atoms with van der Waals surface area (Å²) in [7, 11) is 0. The molecule has 0 saturated heterocycles. The highest BCUT2D eigenvalue weighted by Gasteiger charge is 2.30. The highest BCUT2D eigenvalue weighted by molar-refractivity contribution is 7.11. The van der Waals surface area contributed by atoms with Crippen molar-refractivity contribution < 1.29 is 19.8 Å². The Bertz CT molecular complexity index is 442. The van der Waals surface area contributed by atoms with Gasteiger partial charge in [0.1, 0.15) is 0 Å². The smallest absolute Gasteiger partial charge is 0.337 e. The number of urea groups is 1. The maximum absolute atomic E-state index is 11.4. The van der Waals surface area contributed by atoms with Crippen LogP contribution in [0, 0.1) is 6.92 Å². The van der Waals surface area contributed by atoms with E-state index in [-0.39, 0.29) is 6.54 Å². The highest BCUT2D eigenvalue weighted by Crippen LogP contribution is 2.14. The largest absolute Gasteiger partial charge is 0.479 e. The number of carboxylic acids is 1. The van der Waals surface area contributed by atoms with Crippen LogP contribution in [0.5, 0.6) is 0 Å². The number of carbonyl (C=O) groups is 2. The van der Waals surface area contributed by atoms with Crippen LogP contribution >= 0.6 is 11.3 Å². The van der Waals surface area contributed by atoms with Crippen LogP contribution in [-0.4, -0.2) is 34.4 Å². The van der Waals surface area contributed by atoms with Crippen LogP contribution in [0.25, 0.3) is 0 Å². The standard InChI is InChI=1S/C11H16N2O4S/c1-7-3-4-8(18-7)5-12-10(16)13-6-11(2,17)9(14)15/h3-4,17H,5-6H2,1-2H3,(H,14,15)(H2,12,13,16). The van der Waals surface area contributed by atoms with Crippen LogP contribution in [0.15, 0.2) is 12.1 Å². The van der Waals surface area contributed by atoms with Gasteiger partial charge in [-0.15, -0.1) is 11.3 Å². The molecule has 0 bridgehead atoms. The number of nitrogens with one attached hydrogen (secondary N) is 2. The Balaban J connectivity index is 2.32. The first-order valence-electron chi connectivity index (χ1n) is 5.34. The monoisotopic (exact) mass is 272 g/mol. The number of aryl methyl sites for hydroxylation is 1. The minimum atomic E-state index is -1.96. The van der Waals surface area contributed by atoms with Gasteiger partial charge in [0, 0.05) is 9.75 Å². The molecule has 0 saturated carbocycles. The Labute approximate surface area is 109 Å². The van der Waals surface area contributed by atoms with E-state index < -0.39 is 17.6 Å². The molecule has 0 aliphatic heterocycles. The van der Waals surface area contributed by atoms with Crippen molar-refractivity contribution in [2.75, 3.05) is 6.54 Å². The third-order valence-corrected chi connectivity index (χ3v) is 3.27. The summed E-state index contributed by atoms with van der Waals surface area (Å²) in [6.07, 6.45) is 0. The van der Waals surface area contributed by atoms with Gasteiger partial charge in [0.15, 0.2) is 5.60 Å². The quantitative estimate of drug-likeness (QED) is 0.634. The van der Waals surface area contributed by atoms with Gasteiger partial charge in [-0.25, -0.2) is 9.59 Å². The first-order valence-corrected chi connectivity index (χ1v) is 6.16. The van der Waals surface area contributed by atoms with Gasteiger partial charge in [-0.3, -0.25) is 0 Å². The third kappa shape index (κ3) is 4.34. The van der Waals surface area contributed by atoms with Crippen molar-refractivity contribution in [1.82, 2.24) is 10.6 Å². The second-order valence-corrected chi connectivity index (χ2v) is 5.50. The van der Waals surface area contributed by atoms with Gasteiger partial charge >= 0.3 is 12.0 Å². The Hall–Kier alpha value is -1.60. The second-order valence-electron chi connectivity index (χ2n) is 4.13. The minimum absolute atomic E-state index is 0.350. The lowest BCUT2D eigenvalue weighted by Crippen LogP contribution is -2.48. The lowest BCUT2D eigenvalue weighted by atomic mass is 10.1. The van der Waals surface area contributed by atoms with Gasteiger partial charge in [-0.2, -0.15) is 0 Å². The van der Waals surface area contributed by atoms with Crippen molar-refractivity contribution >= 4 is 23.3 Å². The molecule has 0 radical (unpaired) electrons. The van der Waals surface area contributed by atoms with E-state index in [9.17, 15) is 14.7 Å². The lowest BCUT2D eigenvalue weighted by molar-refractivity contribution is -0.155. The predicted octanol–water partition coefficient (Wildman–Crippen LogP) is 0.691. The van der Waals surface area contributed by atoms with Gasteiger partial charge < -0.3 is 20.8 Å². The maximum atomic E-state index is 11.4. The number of thiophene rings is 1. The van der Waals surface area contributed by atoms with Crippen molar-refractivity contribution in [1.29, 1.82) is 0 Å². The zero-order valence-electron chi connectivity index (χ0n) is 10.2. The van der Waals surface area contributed by atoms with Crippen molar-refractivity contribution in [3.05, 3.63) is 21.9 Å². The first kappa shape index (κ1) is 14.5. The first-order chi connectivity index (χ1) is 8.31. The topological polar surface area (TPSA) is 98.7 Å². The van der Waals surface area contributed by atoms with Gasteiger partial charge in [0.05, 0.1) is 13.1 Å². The van der Waals surface area contributed by atoms with Crippen LogP contribution in [0.1, 0.15) is 16.7 Å². The van der Waals surface area contributed by atoms with Crippen molar-refractivity contribution in [2.24, 2.45) is 0 Å². The number of hydrogen-bond acceptors (Lipinski definition) is 4. The molecule has 1 unspecified atom stereocenters. The fourth-order valence-corrected chi connectivity index (χ4v) is 1.97. The second kappa shape index (κ2) is 5.83. The summed E-state index contributed by atoms with van der Waals surface area (Å²) >= 11 is 1.57. The van der Waals surface area contributed by atoms with E-state index in [1.807, 2.05) is 19.1 Å². The fraction of sp³-hybridized carbons (Fsp3) is 0.455. The molecule has 2 amide bonds. The summed E-state index contributed by atoms with van der Waals surface area (Å²) in [5.74, 6) is -1.38. The average molecular weight is 272 g/mol. The zero-order valence-corrected chi connectivity index (χ0v) is 11.0. The van der Waals surface area contributed by atoms with Gasteiger partial charge in [-0.05, 0) is 26.0 Å². The van der Waals surface area contributed by atoms with Crippen LogP contribution in [0.4, 0.5) is 4.79 Å². The molecule has 1 atom stereocenters. The molecular weight excluding hydrogens is 256 g/mol. The molecule has 0 spiro atoms. The van der Waals surface area contributed by atoms with Crippen LogP contribution in [0.2, 0.25) is 0 Å². The molecule has 0 aliphatic rings. The van der Waals surface area contributed by atoms with Gasteiger partial charge in [0.25, 0.3) is 0 Å². The lowest BCUT2D eigenvalue weighted by Gasteiger charge is -2.18. The number of carbonyl (C=O) groups excluding carboxylic acids is 1. The summed E-state index contributed by atoms with van der Waals surface area (Å²) in [5.41, 5.74) is -1.96. The van der Waals surface area contributed by atoms with E-state index in [2.05, 4.69) is 10.6 Å². The van der Waals surface area contributed by atoms with E-state index in [0.717, 1.165) is 16.7 Å². The summed E-state index contributed by atoms with van der Waals surface area (Å²) in [5, 5.41) is 22.9.